The van der Waals surface area contributed by atoms with Gasteiger partial charge in [0.05, 0.1) is 31.2 Å². The molecule has 0 bridgehead atoms. The lowest BCUT2D eigenvalue weighted by atomic mass is 9.94. The van der Waals surface area contributed by atoms with E-state index < -0.39 is 0 Å². The largest absolute Gasteiger partial charge is 0.497 e. The molecule has 0 unspecified atom stereocenters. The summed E-state index contributed by atoms with van der Waals surface area (Å²) in [4.78, 5) is 40.1. The molecule has 1 saturated carbocycles. The van der Waals surface area contributed by atoms with Crippen LogP contribution in [0, 0.1) is 5.92 Å². The molecule has 2 N–H and O–H groups in total. The molecular formula is C28H33N3O6. The summed E-state index contributed by atoms with van der Waals surface area (Å²) in [7, 11) is 3.34. The summed E-state index contributed by atoms with van der Waals surface area (Å²) >= 11 is 0. The number of amides is 3. The molecule has 2 aromatic carbocycles. The lowest BCUT2D eigenvalue weighted by Crippen LogP contribution is -2.54. The van der Waals surface area contributed by atoms with Crippen LogP contribution in [0.1, 0.15) is 52.8 Å². The Labute approximate surface area is 216 Å². The second kappa shape index (κ2) is 10.8. The van der Waals surface area contributed by atoms with Crippen molar-refractivity contribution < 1.29 is 28.6 Å². The van der Waals surface area contributed by atoms with Crippen LogP contribution in [0.4, 0.5) is 5.69 Å². The van der Waals surface area contributed by atoms with E-state index in [1.54, 1.807) is 61.5 Å². The molecule has 196 valence electrons. The van der Waals surface area contributed by atoms with Crippen LogP contribution >= 0.6 is 0 Å². The Morgan fingerprint density at radius 2 is 1.86 bits per heavy atom. The van der Waals surface area contributed by atoms with E-state index in [2.05, 4.69) is 10.6 Å². The molecule has 9 heteroatoms. The first-order chi connectivity index (χ1) is 17.9. The summed E-state index contributed by atoms with van der Waals surface area (Å²) < 4.78 is 17.4. The quantitative estimate of drug-likeness (QED) is 0.596. The smallest absolute Gasteiger partial charge is 0.257 e. The fourth-order valence-electron chi connectivity index (χ4n) is 4.91. The molecule has 1 aliphatic carbocycles. The maximum absolute atomic E-state index is 13.4. The summed E-state index contributed by atoms with van der Waals surface area (Å²) in [6.45, 7) is 1.02. The number of rotatable bonds is 7. The molecule has 0 spiro atoms. The number of nitrogens with zero attached hydrogens (tertiary/aromatic N) is 1. The zero-order chi connectivity index (χ0) is 25.9. The van der Waals surface area contributed by atoms with Gasteiger partial charge in [-0.2, -0.15) is 0 Å². The lowest BCUT2D eigenvalue weighted by molar-refractivity contribution is -0.134. The molecule has 0 radical (unpaired) electrons. The Bertz CT molecular complexity index is 1160. The number of carbonyl (C=O) groups is 3. The van der Waals surface area contributed by atoms with Crippen LogP contribution in [0.15, 0.2) is 42.5 Å². The Kier molecular flexibility index (Phi) is 7.32. The Hall–Kier alpha value is -3.59. The Balaban J connectivity index is 1.24. The van der Waals surface area contributed by atoms with Gasteiger partial charge in [-0.15, -0.1) is 0 Å². The van der Waals surface area contributed by atoms with Crippen molar-refractivity contribution in [3.63, 3.8) is 0 Å². The molecule has 3 amide bonds. The third-order valence-corrected chi connectivity index (χ3v) is 7.32. The normalized spacial score (nSPS) is 23.0. The van der Waals surface area contributed by atoms with Gasteiger partial charge < -0.3 is 29.7 Å². The number of ether oxygens (including phenoxy) is 3. The highest BCUT2D eigenvalue weighted by Crippen LogP contribution is 2.33. The first kappa shape index (κ1) is 25.1. The van der Waals surface area contributed by atoms with E-state index in [0.29, 0.717) is 47.1 Å². The zero-order valence-electron chi connectivity index (χ0n) is 21.2. The molecule has 9 nitrogen and oxygen atoms in total. The number of carbonyl (C=O) groups excluding carboxylic acids is 3. The van der Waals surface area contributed by atoms with Crippen LogP contribution < -0.4 is 20.1 Å². The van der Waals surface area contributed by atoms with E-state index >= 15 is 0 Å². The molecule has 1 saturated heterocycles. The monoisotopic (exact) mass is 507 g/mol. The van der Waals surface area contributed by atoms with Gasteiger partial charge in [-0.05, 0) is 74.1 Å². The molecule has 5 rings (SSSR count). The first-order valence-corrected chi connectivity index (χ1v) is 12.8. The highest BCUT2D eigenvalue weighted by molar-refractivity contribution is 6.05. The molecule has 2 heterocycles. The predicted octanol–water partition coefficient (Wildman–Crippen LogP) is 3.24. The van der Waals surface area contributed by atoms with Crippen molar-refractivity contribution in [2.45, 2.75) is 50.4 Å². The summed E-state index contributed by atoms with van der Waals surface area (Å²) in [5.41, 5.74) is 1.36. The summed E-state index contributed by atoms with van der Waals surface area (Å²) in [5.74, 6) is 1.26. The van der Waals surface area contributed by atoms with Crippen molar-refractivity contribution in [3.05, 3.63) is 53.6 Å². The van der Waals surface area contributed by atoms with Crippen LogP contribution in [0.25, 0.3) is 0 Å². The van der Waals surface area contributed by atoms with Crippen LogP contribution in [0.5, 0.6) is 11.5 Å². The molecule has 2 fully saturated rings. The fraction of sp³-hybridized carbons (Fsp3) is 0.464. The van der Waals surface area contributed by atoms with Gasteiger partial charge in [0.15, 0.2) is 0 Å². The number of likely N-dealkylation sites (N-methyl/N-ethyl adjacent to an activating group) is 1. The van der Waals surface area contributed by atoms with Gasteiger partial charge in [0.25, 0.3) is 11.8 Å². The van der Waals surface area contributed by atoms with Gasteiger partial charge in [0.1, 0.15) is 24.2 Å². The summed E-state index contributed by atoms with van der Waals surface area (Å²) in [6, 6.07) is 11.7. The zero-order valence-corrected chi connectivity index (χ0v) is 21.2. The van der Waals surface area contributed by atoms with Gasteiger partial charge in [-0.1, -0.05) is 0 Å². The van der Waals surface area contributed by atoms with Crippen LogP contribution in [-0.4, -0.2) is 68.2 Å². The van der Waals surface area contributed by atoms with Crippen molar-refractivity contribution in [1.29, 1.82) is 0 Å². The standard InChI is InChI=1S/C28H33N3O6/c1-31-23-11-10-21(14-26(32)29-15-17-3-4-17)37-25(23)16-36-24-12-7-19(13-22(24)28(31)34)30-27(33)18-5-8-20(35-2)9-6-18/h5-9,12-13,17,21,23,25H,3-4,10-11,14-16H2,1-2H3,(H,29,32)(H,30,33)/t21-,23+,25+/m0/s1. The minimum atomic E-state index is -0.327. The van der Waals surface area contributed by atoms with Gasteiger partial charge in [-0.3, -0.25) is 14.4 Å². The van der Waals surface area contributed by atoms with E-state index in [9.17, 15) is 14.4 Å². The van der Waals surface area contributed by atoms with Crippen molar-refractivity contribution in [1.82, 2.24) is 10.2 Å². The minimum Gasteiger partial charge on any atom is -0.497 e. The molecular weight excluding hydrogens is 474 g/mol. The van der Waals surface area contributed by atoms with E-state index in [-0.39, 0.29) is 42.6 Å². The third kappa shape index (κ3) is 5.88. The Morgan fingerprint density at radius 1 is 1.08 bits per heavy atom. The van der Waals surface area contributed by atoms with Gasteiger partial charge in [-0.25, -0.2) is 0 Å². The SMILES string of the molecule is COc1ccc(C(=O)Nc2ccc3c(c2)C(=O)N(C)[C@@H]2CC[C@@H](CC(=O)NCC4CC4)O[C@@H]2CO3)cc1. The number of hydrogen-bond donors (Lipinski definition) is 2. The van der Waals surface area contributed by atoms with E-state index in [1.165, 1.54) is 12.8 Å². The van der Waals surface area contributed by atoms with Crippen molar-refractivity contribution in [2.75, 3.05) is 32.6 Å². The molecule has 3 atom stereocenters. The average molecular weight is 508 g/mol. The number of methoxy groups -OCH3 is 1. The van der Waals surface area contributed by atoms with Crippen molar-refractivity contribution in [3.8, 4) is 11.5 Å². The van der Waals surface area contributed by atoms with Gasteiger partial charge in [0, 0.05) is 24.8 Å². The van der Waals surface area contributed by atoms with E-state index in [0.717, 1.165) is 13.0 Å². The molecule has 3 aliphatic rings. The molecule has 37 heavy (non-hydrogen) atoms. The maximum Gasteiger partial charge on any atom is 0.257 e. The highest BCUT2D eigenvalue weighted by Gasteiger charge is 2.39. The number of anilines is 1. The van der Waals surface area contributed by atoms with Crippen molar-refractivity contribution in [2.24, 2.45) is 5.92 Å². The number of nitrogens with one attached hydrogen (secondary N) is 2. The first-order valence-electron chi connectivity index (χ1n) is 12.8. The number of hydrogen-bond acceptors (Lipinski definition) is 6. The fourth-order valence-corrected chi connectivity index (χ4v) is 4.91. The summed E-state index contributed by atoms with van der Waals surface area (Å²) in [6.07, 6.45) is 3.61. The lowest BCUT2D eigenvalue weighted by Gasteiger charge is -2.42. The number of fused-ring (bicyclic) bond motifs is 2. The minimum absolute atomic E-state index is 0.0149. The molecule has 2 aromatic rings. The second-order valence-electron chi connectivity index (χ2n) is 10.0. The van der Waals surface area contributed by atoms with Crippen molar-refractivity contribution >= 4 is 23.4 Å². The van der Waals surface area contributed by atoms with Crippen LogP contribution in [-0.2, 0) is 9.53 Å². The van der Waals surface area contributed by atoms with Gasteiger partial charge >= 0.3 is 0 Å². The molecule has 2 aliphatic heterocycles. The van der Waals surface area contributed by atoms with E-state index in [4.69, 9.17) is 14.2 Å². The van der Waals surface area contributed by atoms with Crippen LogP contribution in [0.3, 0.4) is 0 Å². The maximum atomic E-state index is 13.4. The average Bonchev–Trinajstić information content (AvgIpc) is 3.74. The predicted molar refractivity (Wildman–Crippen MR) is 137 cm³/mol. The topological polar surface area (TPSA) is 106 Å². The molecule has 0 aromatic heterocycles. The van der Waals surface area contributed by atoms with E-state index in [1.807, 2.05) is 0 Å². The van der Waals surface area contributed by atoms with Crippen LogP contribution in [0.2, 0.25) is 0 Å². The third-order valence-electron chi connectivity index (χ3n) is 7.32. The summed E-state index contributed by atoms with van der Waals surface area (Å²) in [5, 5.41) is 5.85. The van der Waals surface area contributed by atoms with Gasteiger partial charge in [0.2, 0.25) is 5.91 Å². The Morgan fingerprint density at radius 3 is 2.59 bits per heavy atom. The number of benzene rings is 2. The second-order valence-corrected chi connectivity index (χ2v) is 10.0. The highest BCUT2D eigenvalue weighted by atomic mass is 16.5.